The Morgan fingerprint density at radius 2 is 1.57 bits per heavy atom. The van der Waals surface area contributed by atoms with Crippen LogP contribution in [0.1, 0.15) is 19.4 Å². The molecule has 0 bridgehead atoms. The molecule has 4 heteroatoms. The number of hydrogen-bond acceptors (Lipinski definition) is 0. The Kier molecular flexibility index (Phi) is 3.24. The van der Waals surface area contributed by atoms with E-state index in [4.69, 9.17) is 0 Å². The van der Waals surface area contributed by atoms with Crippen molar-refractivity contribution in [3.63, 3.8) is 0 Å². The van der Waals surface area contributed by atoms with E-state index in [0.29, 0.717) is 5.92 Å². The van der Waals surface area contributed by atoms with E-state index >= 15 is 0 Å². The minimum atomic E-state index is -4.84. The molecule has 78 valence electrons. The van der Waals surface area contributed by atoms with Crippen LogP contribution < -0.4 is 5.46 Å². The van der Waals surface area contributed by atoms with Gasteiger partial charge in [-0.2, -0.15) is 0 Å². The van der Waals surface area contributed by atoms with E-state index in [1.807, 2.05) is 13.8 Å². The first kappa shape index (κ1) is 11.2. The standard InChI is InChI=1S/C10H13BF3/c1-8(2)7-9-3-5-10(6-4-9)11(12,13)14/h3-6,8H,7H2,1-2H3/q-1. The van der Waals surface area contributed by atoms with E-state index in [1.54, 1.807) is 12.1 Å². The predicted molar refractivity (Wildman–Crippen MR) is 53.7 cm³/mol. The number of halogens is 3. The summed E-state index contributed by atoms with van der Waals surface area (Å²) in [5, 5.41) is 0. The van der Waals surface area contributed by atoms with Crippen LogP contribution in [0.4, 0.5) is 12.9 Å². The van der Waals surface area contributed by atoms with Crippen LogP contribution >= 0.6 is 0 Å². The van der Waals surface area contributed by atoms with Crippen molar-refractivity contribution in [1.82, 2.24) is 0 Å². The molecule has 1 aromatic carbocycles. The van der Waals surface area contributed by atoms with E-state index in [2.05, 4.69) is 0 Å². The van der Waals surface area contributed by atoms with Gasteiger partial charge in [0, 0.05) is 0 Å². The molecule has 0 N–H and O–H groups in total. The molecule has 14 heavy (non-hydrogen) atoms. The molecule has 0 fully saturated rings. The second-order valence-electron chi connectivity index (χ2n) is 3.91. The third-order valence-corrected chi connectivity index (χ3v) is 2.00. The van der Waals surface area contributed by atoms with Gasteiger partial charge in [-0.25, -0.2) is 0 Å². The highest BCUT2D eigenvalue weighted by Crippen LogP contribution is 2.11. The maximum Gasteiger partial charge on any atom is 0.509 e. The van der Waals surface area contributed by atoms with Crippen LogP contribution in [0.2, 0.25) is 0 Å². The first-order valence-corrected chi connectivity index (χ1v) is 4.68. The molecule has 0 aliphatic heterocycles. The summed E-state index contributed by atoms with van der Waals surface area (Å²) in [5.41, 5.74) is 0.446. The van der Waals surface area contributed by atoms with Gasteiger partial charge in [0.25, 0.3) is 0 Å². The summed E-state index contributed by atoms with van der Waals surface area (Å²) < 4.78 is 36.7. The van der Waals surface area contributed by atoms with Crippen LogP contribution in [0.15, 0.2) is 24.3 Å². The lowest BCUT2D eigenvalue weighted by Gasteiger charge is -2.15. The van der Waals surface area contributed by atoms with Crippen molar-refractivity contribution < 1.29 is 12.9 Å². The summed E-state index contributed by atoms with van der Waals surface area (Å²) in [6.07, 6.45) is 0.825. The van der Waals surface area contributed by atoms with Gasteiger partial charge >= 0.3 is 6.98 Å². The highest BCUT2D eigenvalue weighted by Gasteiger charge is 2.24. The van der Waals surface area contributed by atoms with Crippen molar-refractivity contribution in [2.24, 2.45) is 5.92 Å². The second-order valence-corrected chi connectivity index (χ2v) is 3.91. The molecular weight excluding hydrogens is 188 g/mol. The van der Waals surface area contributed by atoms with Crippen LogP contribution in [-0.2, 0) is 6.42 Å². The van der Waals surface area contributed by atoms with Crippen LogP contribution in [0.25, 0.3) is 0 Å². The Hall–Kier alpha value is -0.925. The Balaban J connectivity index is 2.79. The average molecular weight is 201 g/mol. The topological polar surface area (TPSA) is 0 Å². The molecule has 0 radical (unpaired) electrons. The van der Waals surface area contributed by atoms with Gasteiger partial charge in [-0.05, 0) is 17.9 Å². The molecule has 1 rings (SSSR count). The van der Waals surface area contributed by atoms with Gasteiger partial charge in [0.2, 0.25) is 0 Å². The van der Waals surface area contributed by atoms with E-state index in [0.717, 1.165) is 24.1 Å². The molecule has 0 aliphatic rings. The SMILES string of the molecule is CC(C)Cc1ccc([B-](F)(F)F)cc1. The van der Waals surface area contributed by atoms with Crippen molar-refractivity contribution in [3.05, 3.63) is 29.8 Å². The van der Waals surface area contributed by atoms with Crippen molar-refractivity contribution in [2.45, 2.75) is 20.3 Å². The number of benzene rings is 1. The lowest BCUT2D eigenvalue weighted by atomic mass is 9.79. The van der Waals surface area contributed by atoms with Gasteiger partial charge < -0.3 is 12.9 Å². The molecule has 0 aliphatic carbocycles. The maximum absolute atomic E-state index is 12.2. The van der Waals surface area contributed by atoms with E-state index < -0.39 is 12.4 Å². The molecule has 0 unspecified atom stereocenters. The van der Waals surface area contributed by atoms with Gasteiger partial charge in [-0.15, -0.1) is 5.46 Å². The smallest absolute Gasteiger partial charge is 0.445 e. The van der Waals surface area contributed by atoms with Crippen molar-refractivity contribution >= 4 is 12.4 Å². The molecule has 1 aromatic rings. The quantitative estimate of drug-likeness (QED) is 0.659. The molecule has 0 saturated carbocycles. The molecule has 0 nitrogen and oxygen atoms in total. The highest BCUT2D eigenvalue weighted by atomic mass is 19.4. The van der Waals surface area contributed by atoms with Gasteiger partial charge in [0.1, 0.15) is 0 Å². The van der Waals surface area contributed by atoms with Crippen LogP contribution in [0.5, 0.6) is 0 Å². The third kappa shape index (κ3) is 3.09. The predicted octanol–water partition coefficient (Wildman–Crippen LogP) is 2.94. The molecule has 0 spiro atoms. The molecular formula is C10H13BF3-. The van der Waals surface area contributed by atoms with Crippen LogP contribution in [-0.4, -0.2) is 6.98 Å². The summed E-state index contributed by atoms with van der Waals surface area (Å²) in [4.78, 5) is 0. The summed E-state index contributed by atoms with van der Waals surface area (Å²) in [6.45, 7) is -0.756. The first-order valence-electron chi connectivity index (χ1n) is 4.68. The first-order chi connectivity index (χ1) is 6.39. The Bertz CT molecular complexity index is 287. The van der Waals surface area contributed by atoms with Gasteiger partial charge in [-0.1, -0.05) is 38.1 Å². The zero-order chi connectivity index (χ0) is 10.8. The number of rotatable bonds is 3. The third-order valence-electron chi connectivity index (χ3n) is 2.00. The highest BCUT2D eigenvalue weighted by molar-refractivity contribution is 6.73. The Labute approximate surface area is 82.2 Å². The number of hydrogen-bond donors (Lipinski definition) is 0. The fourth-order valence-corrected chi connectivity index (χ4v) is 1.34. The maximum atomic E-state index is 12.2. The van der Waals surface area contributed by atoms with Crippen molar-refractivity contribution in [1.29, 1.82) is 0 Å². The normalized spacial score (nSPS) is 12.1. The lowest BCUT2D eigenvalue weighted by molar-refractivity contribution is 0.501. The lowest BCUT2D eigenvalue weighted by Crippen LogP contribution is -2.33. The minimum Gasteiger partial charge on any atom is -0.445 e. The largest absolute Gasteiger partial charge is 0.509 e. The molecule has 0 atom stereocenters. The fourth-order valence-electron chi connectivity index (χ4n) is 1.34. The molecule has 0 aromatic heterocycles. The van der Waals surface area contributed by atoms with Gasteiger partial charge in [0.15, 0.2) is 0 Å². The Morgan fingerprint density at radius 1 is 1.07 bits per heavy atom. The van der Waals surface area contributed by atoms with Crippen LogP contribution in [0.3, 0.4) is 0 Å². The van der Waals surface area contributed by atoms with Crippen molar-refractivity contribution in [2.75, 3.05) is 0 Å². The fraction of sp³-hybridized carbons (Fsp3) is 0.400. The van der Waals surface area contributed by atoms with Gasteiger partial charge in [-0.3, -0.25) is 0 Å². The molecule has 0 heterocycles. The van der Waals surface area contributed by atoms with Crippen molar-refractivity contribution in [3.8, 4) is 0 Å². The Morgan fingerprint density at radius 3 is 1.93 bits per heavy atom. The molecule has 0 saturated heterocycles. The van der Waals surface area contributed by atoms with E-state index in [9.17, 15) is 12.9 Å². The summed E-state index contributed by atoms with van der Waals surface area (Å²) in [5.74, 6) is 0.470. The molecule has 0 amide bonds. The van der Waals surface area contributed by atoms with E-state index in [1.165, 1.54) is 0 Å². The van der Waals surface area contributed by atoms with Gasteiger partial charge in [0.05, 0.1) is 0 Å². The monoisotopic (exact) mass is 201 g/mol. The average Bonchev–Trinajstić information content (AvgIpc) is 2.02. The summed E-state index contributed by atoms with van der Waals surface area (Å²) in [7, 11) is 0. The zero-order valence-electron chi connectivity index (χ0n) is 8.31. The summed E-state index contributed by atoms with van der Waals surface area (Å²) in [6, 6.07) is 5.45. The van der Waals surface area contributed by atoms with E-state index in [-0.39, 0.29) is 0 Å². The minimum absolute atomic E-state index is 0.470. The van der Waals surface area contributed by atoms with Crippen LogP contribution in [0, 0.1) is 5.92 Å². The second kappa shape index (κ2) is 4.07. The summed E-state index contributed by atoms with van der Waals surface area (Å²) >= 11 is 0. The zero-order valence-corrected chi connectivity index (χ0v) is 8.31.